The Bertz CT molecular complexity index is 586. The van der Waals surface area contributed by atoms with Crippen molar-refractivity contribution < 1.29 is 19.5 Å². The molecule has 0 unspecified atom stereocenters. The van der Waals surface area contributed by atoms with Gasteiger partial charge in [0.05, 0.1) is 6.04 Å². The van der Waals surface area contributed by atoms with E-state index in [1.165, 1.54) is 0 Å². The molecule has 0 heterocycles. The van der Waals surface area contributed by atoms with Gasteiger partial charge in [0.2, 0.25) is 11.8 Å². The predicted molar refractivity (Wildman–Crippen MR) is 95.8 cm³/mol. The van der Waals surface area contributed by atoms with Crippen molar-refractivity contribution in [1.82, 2.24) is 10.6 Å². The zero-order valence-corrected chi connectivity index (χ0v) is 14.5. The van der Waals surface area contributed by atoms with Crippen molar-refractivity contribution in [3.63, 3.8) is 0 Å². The number of aliphatic carboxylic acids is 1. The number of hydrogen-bond donors (Lipinski definition) is 3. The molecular formula is C19H26N2O4. The summed E-state index contributed by atoms with van der Waals surface area (Å²) in [6.07, 6.45) is 3.35. The van der Waals surface area contributed by atoms with E-state index in [1.807, 2.05) is 37.3 Å². The summed E-state index contributed by atoms with van der Waals surface area (Å²) in [6, 6.07) is 8.43. The molecule has 1 aromatic carbocycles. The summed E-state index contributed by atoms with van der Waals surface area (Å²) in [5.74, 6) is -1.75. The van der Waals surface area contributed by atoms with Crippen LogP contribution in [-0.4, -0.2) is 28.9 Å². The first kappa shape index (κ1) is 20.4. The van der Waals surface area contributed by atoms with Crippen LogP contribution in [0.5, 0.6) is 0 Å². The number of rotatable bonds is 11. The number of unbranched alkanes of at least 4 members (excludes halogenated alkanes) is 1. The molecule has 0 saturated heterocycles. The standard InChI is InChI=1S/C19H26N2O4/c1-3-4-6-11-16(19(24)25)21-18(23)13-12-17(22)20-14(2)15-9-7-5-8-10-15/h3,5,7-10,14,16H,1,4,6,11-13H2,2H3,(H,20,22)(H,21,23)(H,24,25)/t14-,16-/m1/s1. The quantitative estimate of drug-likeness (QED) is 0.424. The van der Waals surface area contributed by atoms with E-state index in [0.29, 0.717) is 19.3 Å². The number of hydrogen-bond acceptors (Lipinski definition) is 3. The largest absolute Gasteiger partial charge is 0.480 e. The number of allylic oxidation sites excluding steroid dienone is 1. The molecule has 2 atom stereocenters. The maximum Gasteiger partial charge on any atom is 0.326 e. The van der Waals surface area contributed by atoms with Crippen LogP contribution in [-0.2, 0) is 14.4 Å². The third-order valence-electron chi connectivity index (χ3n) is 3.79. The average Bonchev–Trinajstić information content (AvgIpc) is 2.59. The highest BCUT2D eigenvalue weighted by molar-refractivity contribution is 5.87. The molecule has 0 aliphatic rings. The number of carbonyl (C=O) groups excluding carboxylic acids is 2. The van der Waals surface area contributed by atoms with Crippen molar-refractivity contribution in [1.29, 1.82) is 0 Å². The Balaban J connectivity index is 2.37. The van der Waals surface area contributed by atoms with Crippen molar-refractivity contribution in [2.45, 2.75) is 51.1 Å². The Hall–Kier alpha value is -2.63. The lowest BCUT2D eigenvalue weighted by Gasteiger charge is -2.15. The molecule has 136 valence electrons. The maximum atomic E-state index is 11.9. The SMILES string of the molecule is C=CCCC[C@@H](NC(=O)CCC(=O)N[C@H](C)c1ccccc1)C(=O)O. The number of benzene rings is 1. The van der Waals surface area contributed by atoms with Gasteiger partial charge >= 0.3 is 5.97 Å². The minimum absolute atomic E-state index is 0.0159. The Labute approximate surface area is 148 Å². The van der Waals surface area contributed by atoms with E-state index >= 15 is 0 Å². The summed E-state index contributed by atoms with van der Waals surface area (Å²) in [6.45, 7) is 5.45. The van der Waals surface area contributed by atoms with Crippen LogP contribution in [0.15, 0.2) is 43.0 Å². The van der Waals surface area contributed by atoms with E-state index in [9.17, 15) is 14.4 Å². The molecule has 1 rings (SSSR count). The second-order valence-electron chi connectivity index (χ2n) is 5.88. The summed E-state index contributed by atoms with van der Waals surface area (Å²) in [7, 11) is 0. The van der Waals surface area contributed by atoms with Gasteiger partial charge < -0.3 is 15.7 Å². The zero-order valence-electron chi connectivity index (χ0n) is 14.5. The first-order chi connectivity index (χ1) is 11.9. The number of carboxylic acids is 1. The minimum Gasteiger partial charge on any atom is -0.480 e. The van der Waals surface area contributed by atoms with Gasteiger partial charge in [-0.3, -0.25) is 9.59 Å². The van der Waals surface area contributed by atoms with Gasteiger partial charge in [-0.15, -0.1) is 6.58 Å². The van der Waals surface area contributed by atoms with Crippen LogP contribution in [0.3, 0.4) is 0 Å². The van der Waals surface area contributed by atoms with E-state index in [4.69, 9.17) is 5.11 Å². The van der Waals surface area contributed by atoms with Gasteiger partial charge in [0.25, 0.3) is 0 Å². The molecule has 0 spiro atoms. The van der Waals surface area contributed by atoms with Crippen molar-refractivity contribution in [2.75, 3.05) is 0 Å². The predicted octanol–water partition coefficient (Wildman–Crippen LogP) is 2.57. The third kappa shape index (κ3) is 8.15. The monoisotopic (exact) mass is 346 g/mol. The highest BCUT2D eigenvalue weighted by Crippen LogP contribution is 2.11. The highest BCUT2D eigenvalue weighted by atomic mass is 16.4. The topological polar surface area (TPSA) is 95.5 Å². The van der Waals surface area contributed by atoms with Crippen LogP contribution < -0.4 is 10.6 Å². The molecule has 6 heteroatoms. The first-order valence-electron chi connectivity index (χ1n) is 8.41. The molecule has 0 fully saturated rings. The molecule has 1 aromatic rings. The van der Waals surface area contributed by atoms with Gasteiger partial charge in [-0.1, -0.05) is 36.4 Å². The number of carboxylic acid groups (broad SMARTS) is 1. The average molecular weight is 346 g/mol. The smallest absolute Gasteiger partial charge is 0.326 e. The van der Waals surface area contributed by atoms with Crippen molar-refractivity contribution >= 4 is 17.8 Å². The van der Waals surface area contributed by atoms with E-state index in [1.54, 1.807) is 6.08 Å². The number of nitrogens with one attached hydrogen (secondary N) is 2. The summed E-state index contributed by atoms with van der Waals surface area (Å²) < 4.78 is 0. The van der Waals surface area contributed by atoms with Gasteiger partial charge in [0.1, 0.15) is 6.04 Å². The highest BCUT2D eigenvalue weighted by Gasteiger charge is 2.19. The fourth-order valence-electron chi connectivity index (χ4n) is 2.36. The summed E-state index contributed by atoms with van der Waals surface area (Å²) in [5, 5.41) is 14.4. The Morgan fingerprint density at radius 2 is 1.72 bits per heavy atom. The second-order valence-corrected chi connectivity index (χ2v) is 5.88. The molecule has 0 saturated carbocycles. The summed E-state index contributed by atoms with van der Waals surface area (Å²) in [4.78, 5) is 35.0. The second kappa shape index (κ2) is 11.0. The zero-order chi connectivity index (χ0) is 18.7. The fraction of sp³-hybridized carbons (Fsp3) is 0.421. The number of carbonyl (C=O) groups is 3. The van der Waals surface area contributed by atoms with E-state index < -0.39 is 17.9 Å². The molecule has 6 nitrogen and oxygen atoms in total. The van der Waals surface area contributed by atoms with Crippen molar-refractivity contribution in [2.24, 2.45) is 0 Å². The van der Waals surface area contributed by atoms with Gasteiger partial charge in [0.15, 0.2) is 0 Å². The van der Waals surface area contributed by atoms with E-state index in [2.05, 4.69) is 17.2 Å². The normalized spacial score (nSPS) is 12.7. The third-order valence-corrected chi connectivity index (χ3v) is 3.79. The van der Waals surface area contributed by atoms with Gasteiger partial charge in [-0.2, -0.15) is 0 Å². The van der Waals surface area contributed by atoms with Crippen LogP contribution in [0.4, 0.5) is 0 Å². The Morgan fingerprint density at radius 3 is 2.28 bits per heavy atom. The molecular weight excluding hydrogens is 320 g/mol. The lowest BCUT2D eigenvalue weighted by molar-refractivity contribution is -0.142. The van der Waals surface area contributed by atoms with Crippen LogP contribution in [0, 0.1) is 0 Å². The molecule has 25 heavy (non-hydrogen) atoms. The summed E-state index contributed by atoms with van der Waals surface area (Å²) in [5.41, 5.74) is 0.980. The minimum atomic E-state index is -1.07. The van der Waals surface area contributed by atoms with Gasteiger partial charge in [-0.25, -0.2) is 4.79 Å². The lowest BCUT2D eigenvalue weighted by atomic mass is 10.1. The fourth-order valence-corrected chi connectivity index (χ4v) is 2.36. The number of amides is 2. The maximum absolute atomic E-state index is 11.9. The molecule has 0 bridgehead atoms. The molecule has 2 amide bonds. The van der Waals surface area contributed by atoms with Crippen LogP contribution in [0.1, 0.15) is 50.6 Å². The van der Waals surface area contributed by atoms with Crippen LogP contribution >= 0.6 is 0 Å². The first-order valence-corrected chi connectivity index (χ1v) is 8.41. The molecule has 0 aliphatic carbocycles. The van der Waals surface area contributed by atoms with Crippen LogP contribution in [0.25, 0.3) is 0 Å². The summed E-state index contributed by atoms with van der Waals surface area (Å²) >= 11 is 0. The van der Waals surface area contributed by atoms with Crippen molar-refractivity contribution in [3.05, 3.63) is 48.6 Å². The molecule has 0 radical (unpaired) electrons. The van der Waals surface area contributed by atoms with Crippen molar-refractivity contribution in [3.8, 4) is 0 Å². The Morgan fingerprint density at radius 1 is 1.12 bits per heavy atom. The molecule has 0 aromatic heterocycles. The molecule has 3 N–H and O–H groups in total. The van der Waals surface area contributed by atoms with E-state index in [0.717, 1.165) is 5.56 Å². The molecule has 0 aliphatic heterocycles. The lowest BCUT2D eigenvalue weighted by Crippen LogP contribution is -2.41. The Kier molecular flexibility index (Phi) is 9.00. The van der Waals surface area contributed by atoms with Gasteiger partial charge in [0, 0.05) is 12.8 Å². The van der Waals surface area contributed by atoms with E-state index in [-0.39, 0.29) is 24.8 Å². The van der Waals surface area contributed by atoms with Crippen LogP contribution in [0.2, 0.25) is 0 Å². The van der Waals surface area contributed by atoms with Gasteiger partial charge in [-0.05, 0) is 31.7 Å².